The molecule has 0 saturated heterocycles. The Kier molecular flexibility index (Phi) is 5.66. The molecule has 0 bridgehead atoms. The third-order valence-corrected chi connectivity index (χ3v) is 1.88. The first kappa shape index (κ1) is 9.93. The van der Waals surface area contributed by atoms with Gasteiger partial charge in [-0.1, -0.05) is 33.6 Å². The highest BCUT2D eigenvalue weighted by atomic mass is 19.1. The Morgan fingerprint density at radius 3 is 2.30 bits per heavy atom. The molecule has 0 rings (SSSR count). The van der Waals surface area contributed by atoms with Crippen LogP contribution < -0.4 is 0 Å². The lowest BCUT2D eigenvalue weighted by Gasteiger charge is -2.11. The molecule has 0 aliphatic rings. The summed E-state index contributed by atoms with van der Waals surface area (Å²) >= 11 is 0. The lowest BCUT2D eigenvalue weighted by molar-refractivity contribution is 0.261. The van der Waals surface area contributed by atoms with Crippen molar-refractivity contribution in [3.05, 3.63) is 0 Å². The molecule has 0 amide bonds. The van der Waals surface area contributed by atoms with Crippen molar-refractivity contribution in [3.63, 3.8) is 0 Å². The Morgan fingerprint density at radius 1 is 1.30 bits per heavy atom. The normalized spacial score (nSPS) is 16.8. The van der Waals surface area contributed by atoms with Crippen molar-refractivity contribution in [2.45, 2.75) is 52.6 Å². The first-order valence-corrected chi connectivity index (χ1v) is 4.34. The molecule has 2 unspecified atom stereocenters. The van der Waals surface area contributed by atoms with Gasteiger partial charge in [0.05, 0.1) is 0 Å². The van der Waals surface area contributed by atoms with E-state index in [-0.39, 0.29) is 0 Å². The van der Waals surface area contributed by atoms with Crippen molar-refractivity contribution in [2.75, 3.05) is 0 Å². The van der Waals surface area contributed by atoms with Gasteiger partial charge in [-0.3, -0.25) is 0 Å². The number of hydrogen-bond donors (Lipinski definition) is 0. The molecule has 0 aromatic rings. The zero-order chi connectivity index (χ0) is 7.98. The number of alkyl halides is 1. The molecule has 0 aromatic heterocycles. The van der Waals surface area contributed by atoms with Crippen LogP contribution in [0.2, 0.25) is 0 Å². The van der Waals surface area contributed by atoms with Crippen LogP contribution in [0.25, 0.3) is 0 Å². The lowest BCUT2D eigenvalue weighted by atomic mass is 9.98. The van der Waals surface area contributed by atoms with Crippen LogP contribution in [0.15, 0.2) is 0 Å². The summed E-state index contributed by atoms with van der Waals surface area (Å²) in [5.41, 5.74) is 0. The average Bonchev–Trinajstić information content (AvgIpc) is 1.88. The van der Waals surface area contributed by atoms with Gasteiger partial charge in [0.25, 0.3) is 0 Å². The second-order valence-corrected chi connectivity index (χ2v) is 3.14. The predicted molar refractivity (Wildman–Crippen MR) is 43.9 cm³/mol. The highest BCUT2D eigenvalue weighted by Crippen LogP contribution is 2.15. The Hall–Kier alpha value is -0.0700. The van der Waals surface area contributed by atoms with Gasteiger partial charge in [0, 0.05) is 0 Å². The summed E-state index contributed by atoms with van der Waals surface area (Å²) in [5, 5.41) is 0. The molecule has 0 aliphatic carbocycles. The van der Waals surface area contributed by atoms with E-state index in [1.54, 1.807) is 0 Å². The third kappa shape index (κ3) is 4.78. The summed E-state index contributed by atoms with van der Waals surface area (Å²) < 4.78 is 12.7. The fourth-order valence-corrected chi connectivity index (χ4v) is 1.21. The SMILES string of the molecule is CCCC(C)CC(F)CC. The van der Waals surface area contributed by atoms with Crippen molar-refractivity contribution in [1.82, 2.24) is 0 Å². The summed E-state index contributed by atoms with van der Waals surface area (Å²) in [4.78, 5) is 0. The van der Waals surface area contributed by atoms with E-state index in [4.69, 9.17) is 0 Å². The van der Waals surface area contributed by atoms with E-state index in [9.17, 15) is 4.39 Å². The molecule has 1 heteroatoms. The van der Waals surface area contributed by atoms with E-state index in [2.05, 4.69) is 13.8 Å². The molecule has 0 heterocycles. The largest absolute Gasteiger partial charge is 0.247 e. The van der Waals surface area contributed by atoms with Crippen molar-refractivity contribution in [1.29, 1.82) is 0 Å². The minimum absolute atomic E-state index is 0.568. The first-order valence-electron chi connectivity index (χ1n) is 4.34. The van der Waals surface area contributed by atoms with Crippen LogP contribution in [0.5, 0.6) is 0 Å². The fourth-order valence-electron chi connectivity index (χ4n) is 1.21. The van der Waals surface area contributed by atoms with Crippen LogP contribution in [0.1, 0.15) is 46.5 Å². The van der Waals surface area contributed by atoms with E-state index in [1.165, 1.54) is 12.8 Å². The maximum absolute atomic E-state index is 12.7. The number of halogens is 1. The molecule has 0 fully saturated rings. The van der Waals surface area contributed by atoms with Gasteiger partial charge in [0.15, 0.2) is 0 Å². The molecular weight excluding hydrogens is 127 g/mol. The standard InChI is InChI=1S/C9H19F/c1-4-6-8(3)7-9(10)5-2/h8-9H,4-7H2,1-3H3. The lowest BCUT2D eigenvalue weighted by Crippen LogP contribution is -2.05. The fraction of sp³-hybridized carbons (Fsp3) is 1.00. The molecule has 0 saturated carbocycles. The topological polar surface area (TPSA) is 0 Å². The number of rotatable bonds is 5. The number of hydrogen-bond acceptors (Lipinski definition) is 0. The molecule has 0 radical (unpaired) electrons. The van der Waals surface area contributed by atoms with Crippen molar-refractivity contribution < 1.29 is 4.39 Å². The monoisotopic (exact) mass is 146 g/mol. The van der Waals surface area contributed by atoms with E-state index < -0.39 is 6.17 Å². The molecule has 0 nitrogen and oxygen atoms in total. The predicted octanol–water partition coefficient (Wildman–Crippen LogP) is 3.56. The van der Waals surface area contributed by atoms with Gasteiger partial charge in [0.1, 0.15) is 6.17 Å². The zero-order valence-corrected chi connectivity index (χ0v) is 7.36. The highest BCUT2D eigenvalue weighted by Gasteiger charge is 2.08. The van der Waals surface area contributed by atoms with Gasteiger partial charge in [-0.2, -0.15) is 0 Å². The summed E-state index contributed by atoms with van der Waals surface area (Å²) in [6.07, 6.45) is 3.21. The summed E-state index contributed by atoms with van der Waals surface area (Å²) in [5.74, 6) is 0.569. The van der Waals surface area contributed by atoms with Crippen molar-refractivity contribution in [3.8, 4) is 0 Å². The van der Waals surface area contributed by atoms with Crippen LogP contribution in [0.4, 0.5) is 4.39 Å². The van der Waals surface area contributed by atoms with Gasteiger partial charge >= 0.3 is 0 Å². The van der Waals surface area contributed by atoms with Crippen LogP contribution in [0, 0.1) is 5.92 Å². The Bertz CT molecular complexity index is 71.1. The molecule has 10 heavy (non-hydrogen) atoms. The van der Waals surface area contributed by atoms with Gasteiger partial charge < -0.3 is 0 Å². The van der Waals surface area contributed by atoms with Gasteiger partial charge in [-0.15, -0.1) is 0 Å². The Balaban J connectivity index is 3.27. The first-order chi connectivity index (χ1) is 4.70. The average molecular weight is 146 g/mol. The summed E-state index contributed by atoms with van der Waals surface area (Å²) in [6, 6.07) is 0. The third-order valence-electron chi connectivity index (χ3n) is 1.88. The molecule has 0 aromatic carbocycles. The van der Waals surface area contributed by atoms with E-state index in [0.29, 0.717) is 12.3 Å². The van der Waals surface area contributed by atoms with Gasteiger partial charge in [-0.25, -0.2) is 4.39 Å². The molecule has 0 aliphatic heterocycles. The van der Waals surface area contributed by atoms with Crippen molar-refractivity contribution >= 4 is 0 Å². The van der Waals surface area contributed by atoms with E-state index in [0.717, 1.165) is 6.42 Å². The summed E-state index contributed by atoms with van der Waals surface area (Å²) in [6.45, 7) is 6.19. The minimum Gasteiger partial charge on any atom is -0.247 e. The summed E-state index contributed by atoms with van der Waals surface area (Å²) in [7, 11) is 0. The molecule has 62 valence electrons. The molecule has 2 atom stereocenters. The Labute approximate surface area is 63.8 Å². The minimum atomic E-state index is -0.568. The smallest absolute Gasteiger partial charge is 0.100 e. The van der Waals surface area contributed by atoms with Gasteiger partial charge in [-0.05, 0) is 18.8 Å². The highest BCUT2D eigenvalue weighted by molar-refractivity contribution is 4.59. The van der Waals surface area contributed by atoms with Crippen LogP contribution in [0.3, 0.4) is 0 Å². The van der Waals surface area contributed by atoms with E-state index in [1.807, 2.05) is 6.92 Å². The van der Waals surface area contributed by atoms with Crippen LogP contribution in [-0.2, 0) is 0 Å². The maximum Gasteiger partial charge on any atom is 0.100 e. The maximum atomic E-state index is 12.7. The quantitative estimate of drug-likeness (QED) is 0.556. The second kappa shape index (κ2) is 5.70. The van der Waals surface area contributed by atoms with Crippen LogP contribution >= 0.6 is 0 Å². The Morgan fingerprint density at radius 2 is 1.90 bits per heavy atom. The van der Waals surface area contributed by atoms with E-state index >= 15 is 0 Å². The molecule has 0 spiro atoms. The van der Waals surface area contributed by atoms with Crippen molar-refractivity contribution in [2.24, 2.45) is 5.92 Å². The van der Waals surface area contributed by atoms with Crippen LogP contribution in [-0.4, -0.2) is 6.17 Å². The van der Waals surface area contributed by atoms with Gasteiger partial charge in [0.2, 0.25) is 0 Å². The second-order valence-electron chi connectivity index (χ2n) is 3.14. The zero-order valence-electron chi connectivity index (χ0n) is 7.36. The molecule has 0 N–H and O–H groups in total. The molecular formula is C9H19F.